The second kappa shape index (κ2) is 6.90. The molecular formula is C24H21ClN2O5. The first-order valence-electron chi connectivity index (χ1n) is 10.5. The summed E-state index contributed by atoms with van der Waals surface area (Å²) in [6.45, 7) is 0.152. The van der Waals surface area contributed by atoms with E-state index in [0.29, 0.717) is 11.5 Å². The van der Waals surface area contributed by atoms with Gasteiger partial charge in [0.25, 0.3) is 0 Å². The molecule has 1 aliphatic carbocycles. The van der Waals surface area contributed by atoms with Gasteiger partial charge in [0.1, 0.15) is 11.9 Å². The number of hydrogen-bond acceptors (Lipinski definition) is 5. The summed E-state index contributed by atoms with van der Waals surface area (Å²) in [5, 5.41) is 1.07. The van der Waals surface area contributed by atoms with Crippen molar-refractivity contribution in [3.8, 4) is 11.5 Å². The molecule has 1 saturated carbocycles. The van der Waals surface area contributed by atoms with Gasteiger partial charge in [-0.25, -0.2) is 4.79 Å². The maximum atomic E-state index is 13.3. The Morgan fingerprint density at radius 2 is 1.97 bits per heavy atom. The third-order valence-electron chi connectivity index (χ3n) is 6.91. The maximum absolute atomic E-state index is 13.3. The number of aromatic amines is 1. The molecule has 0 saturated heterocycles. The van der Waals surface area contributed by atoms with Crippen molar-refractivity contribution in [2.75, 3.05) is 19.8 Å². The molecular weight excluding hydrogens is 432 g/mol. The summed E-state index contributed by atoms with van der Waals surface area (Å²) in [5.74, 6) is 0.280. The molecule has 32 heavy (non-hydrogen) atoms. The summed E-state index contributed by atoms with van der Waals surface area (Å²) in [6, 6.07) is 12.3. The molecule has 0 unspecified atom stereocenters. The number of benzene rings is 2. The SMILES string of the molecule is COC(=O)[C@@H]1N(C(=O)CCl)[C@@H](c2ccc3c(c2)OCO3)c2[nH]c3ccccc3c2C12CC2. The minimum absolute atomic E-state index is 0.152. The highest BCUT2D eigenvalue weighted by molar-refractivity contribution is 6.27. The second-order valence-electron chi connectivity index (χ2n) is 8.49. The summed E-state index contributed by atoms with van der Waals surface area (Å²) in [5.41, 5.74) is 3.28. The van der Waals surface area contributed by atoms with Crippen LogP contribution in [0.4, 0.5) is 0 Å². The highest BCUT2D eigenvalue weighted by Gasteiger charge is 2.64. The van der Waals surface area contributed by atoms with Gasteiger partial charge in [0.15, 0.2) is 11.5 Å². The monoisotopic (exact) mass is 452 g/mol. The molecule has 3 aromatic rings. The highest BCUT2D eigenvalue weighted by Crippen LogP contribution is 2.61. The number of aromatic nitrogens is 1. The van der Waals surface area contributed by atoms with Gasteiger partial charge < -0.3 is 24.1 Å². The first kappa shape index (κ1) is 19.5. The van der Waals surface area contributed by atoms with E-state index in [1.54, 1.807) is 4.90 Å². The molecule has 1 fully saturated rings. The van der Waals surface area contributed by atoms with Crippen LogP contribution < -0.4 is 9.47 Å². The van der Waals surface area contributed by atoms with Crippen molar-refractivity contribution in [1.29, 1.82) is 0 Å². The van der Waals surface area contributed by atoms with Crippen molar-refractivity contribution in [1.82, 2.24) is 9.88 Å². The molecule has 1 N–H and O–H groups in total. The van der Waals surface area contributed by atoms with Gasteiger partial charge in [-0.2, -0.15) is 0 Å². The smallest absolute Gasteiger partial charge is 0.329 e. The lowest BCUT2D eigenvalue weighted by molar-refractivity contribution is -0.156. The van der Waals surface area contributed by atoms with Crippen molar-refractivity contribution >= 4 is 34.4 Å². The van der Waals surface area contributed by atoms with Crippen molar-refractivity contribution in [3.05, 3.63) is 59.3 Å². The molecule has 2 aliphatic heterocycles. The van der Waals surface area contributed by atoms with Crippen molar-refractivity contribution < 1.29 is 23.8 Å². The van der Waals surface area contributed by atoms with Gasteiger partial charge >= 0.3 is 5.97 Å². The average molecular weight is 453 g/mol. The summed E-state index contributed by atoms with van der Waals surface area (Å²) in [4.78, 5) is 31.6. The molecule has 0 radical (unpaired) electrons. The number of para-hydroxylation sites is 1. The largest absolute Gasteiger partial charge is 0.467 e. The Bertz CT molecular complexity index is 1260. The van der Waals surface area contributed by atoms with E-state index in [9.17, 15) is 9.59 Å². The quantitative estimate of drug-likeness (QED) is 0.484. The topological polar surface area (TPSA) is 80.9 Å². The van der Waals surface area contributed by atoms with Gasteiger partial charge in [0.05, 0.1) is 13.2 Å². The number of carbonyl (C=O) groups excluding carboxylic acids is 2. The number of carbonyl (C=O) groups is 2. The molecule has 2 aromatic carbocycles. The van der Waals surface area contributed by atoms with Gasteiger partial charge in [-0.05, 0) is 42.2 Å². The Morgan fingerprint density at radius 1 is 1.19 bits per heavy atom. The normalized spacial score (nSPS) is 22.1. The molecule has 6 rings (SSSR count). The van der Waals surface area contributed by atoms with Crippen LogP contribution in [0.1, 0.15) is 35.7 Å². The van der Waals surface area contributed by atoms with E-state index in [-0.39, 0.29) is 18.6 Å². The van der Waals surface area contributed by atoms with E-state index in [2.05, 4.69) is 11.1 Å². The number of nitrogens with one attached hydrogen (secondary N) is 1. The van der Waals surface area contributed by atoms with E-state index in [1.165, 1.54) is 7.11 Å². The van der Waals surface area contributed by atoms with Crippen molar-refractivity contribution in [3.63, 3.8) is 0 Å². The Labute approximate surface area is 189 Å². The van der Waals surface area contributed by atoms with Crippen LogP contribution in [0, 0.1) is 0 Å². The van der Waals surface area contributed by atoms with E-state index in [4.69, 9.17) is 25.8 Å². The van der Waals surface area contributed by atoms with E-state index >= 15 is 0 Å². The molecule has 7 nitrogen and oxygen atoms in total. The third kappa shape index (κ3) is 2.54. The molecule has 164 valence electrons. The number of nitrogens with zero attached hydrogens (tertiary/aromatic N) is 1. The lowest BCUT2D eigenvalue weighted by Gasteiger charge is -2.45. The zero-order valence-corrected chi connectivity index (χ0v) is 18.1. The number of rotatable bonds is 3. The minimum Gasteiger partial charge on any atom is -0.467 e. The first-order valence-corrected chi connectivity index (χ1v) is 11.1. The lowest BCUT2D eigenvalue weighted by atomic mass is 9.77. The standard InChI is InChI=1S/C24H21ClN2O5/c1-30-23(29)22-24(8-9-24)19-14-4-2-3-5-15(14)26-20(19)21(27(22)18(28)11-25)13-6-7-16-17(10-13)32-12-31-16/h2-7,10,21-22,26H,8-9,11-12H2,1H3/t21-,22-/m0/s1. The molecule has 3 heterocycles. The number of H-pyrrole nitrogens is 1. The number of ether oxygens (including phenoxy) is 3. The number of halogens is 1. The van der Waals surface area contributed by atoms with Crippen LogP contribution in [0.15, 0.2) is 42.5 Å². The van der Waals surface area contributed by atoms with E-state index in [1.807, 2.05) is 36.4 Å². The lowest BCUT2D eigenvalue weighted by Crippen LogP contribution is -2.57. The first-order chi connectivity index (χ1) is 15.6. The summed E-state index contributed by atoms with van der Waals surface area (Å²) >= 11 is 6.07. The summed E-state index contributed by atoms with van der Waals surface area (Å²) in [7, 11) is 1.36. The Hall–Kier alpha value is -3.19. The van der Waals surface area contributed by atoms with Crippen molar-refractivity contribution in [2.24, 2.45) is 0 Å². The summed E-state index contributed by atoms with van der Waals surface area (Å²) in [6.07, 6.45) is 1.59. The molecule has 1 amide bonds. The molecule has 1 aromatic heterocycles. The van der Waals surface area contributed by atoms with Gasteiger partial charge in [0, 0.05) is 22.0 Å². The molecule has 0 bridgehead atoms. The average Bonchev–Trinajstić information content (AvgIpc) is 3.27. The second-order valence-corrected chi connectivity index (χ2v) is 8.76. The maximum Gasteiger partial charge on any atom is 0.329 e. The highest BCUT2D eigenvalue weighted by atomic mass is 35.5. The Balaban J connectivity index is 1.65. The predicted octanol–water partition coefficient (Wildman–Crippen LogP) is 3.64. The molecule has 1 spiro atoms. The van der Waals surface area contributed by atoms with Crippen LogP contribution in [-0.2, 0) is 19.7 Å². The zero-order chi connectivity index (χ0) is 22.0. The fourth-order valence-electron chi connectivity index (χ4n) is 5.47. The van der Waals surface area contributed by atoms with Gasteiger partial charge in [0.2, 0.25) is 12.7 Å². The van der Waals surface area contributed by atoms with Crippen LogP contribution >= 0.6 is 11.6 Å². The fourth-order valence-corrected chi connectivity index (χ4v) is 5.61. The van der Waals surface area contributed by atoms with Crippen LogP contribution in [0.5, 0.6) is 11.5 Å². The number of methoxy groups -OCH3 is 1. The van der Waals surface area contributed by atoms with E-state index in [0.717, 1.165) is 40.6 Å². The number of alkyl halides is 1. The number of amides is 1. The van der Waals surface area contributed by atoms with E-state index < -0.39 is 23.5 Å². The van der Waals surface area contributed by atoms with Gasteiger partial charge in [-0.3, -0.25) is 4.79 Å². The van der Waals surface area contributed by atoms with Crippen LogP contribution in [-0.4, -0.2) is 47.6 Å². The molecule has 3 aliphatic rings. The van der Waals surface area contributed by atoms with Crippen LogP contribution in [0.3, 0.4) is 0 Å². The Morgan fingerprint density at radius 3 is 2.72 bits per heavy atom. The molecule has 8 heteroatoms. The van der Waals surface area contributed by atoms with Crippen LogP contribution in [0.2, 0.25) is 0 Å². The number of hydrogen-bond donors (Lipinski definition) is 1. The van der Waals surface area contributed by atoms with Gasteiger partial charge in [-0.15, -0.1) is 11.6 Å². The van der Waals surface area contributed by atoms with Crippen molar-refractivity contribution in [2.45, 2.75) is 30.3 Å². The summed E-state index contributed by atoms with van der Waals surface area (Å²) < 4.78 is 16.3. The van der Waals surface area contributed by atoms with Gasteiger partial charge in [-0.1, -0.05) is 24.3 Å². The Kier molecular flexibility index (Phi) is 4.21. The number of fused-ring (bicyclic) bond motifs is 5. The number of esters is 1. The minimum atomic E-state index is -0.763. The molecule has 2 atom stereocenters. The zero-order valence-electron chi connectivity index (χ0n) is 17.4. The fraction of sp³-hybridized carbons (Fsp3) is 0.333. The third-order valence-corrected chi connectivity index (χ3v) is 7.14. The van der Waals surface area contributed by atoms with Crippen LogP contribution in [0.25, 0.3) is 10.9 Å². The predicted molar refractivity (Wildman–Crippen MR) is 117 cm³/mol.